The predicted molar refractivity (Wildman–Crippen MR) is 102 cm³/mol. The average Bonchev–Trinajstić information content (AvgIpc) is 2.68. The number of anilines is 1. The van der Waals surface area contributed by atoms with E-state index in [-0.39, 0.29) is 12.0 Å². The zero-order chi connectivity index (χ0) is 18.4. The number of thioether (sulfide) groups is 1. The third-order valence-electron chi connectivity index (χ3n) is 4.25. The summed E-state index contributed by atoms with van der Waals surface area (Å²) in [6, 6.07) is 13.0. The molecule has 1 aromatic carbocycles. The lowest BCUT2D eigenvalue weighted by Gasteiger charge is -2.22. The van der Waals surface area contributed by atoms with E-state index in [0.717, 1.165) is 25.2 Å². The Balaban J connectivity index is 1.74. The minimum atomic E-state index is -0.259. The number of carbonyl (C=O) groups is 1. The molecule has 3 rings (SSSR count). The molecule has 2 heterocycles. The zero-order valence-electron chi connectivity index (χ0n) is 14.7. The molecular weight excluding hydrogens is 346 g/mol. The minimum absolute atomic E-state index is 0.212. The number of benzene rings is 1. The van der Waals surface area contributed by atoms with Crippen LogP contribution in [-0.2, 0) is 4.74 Å². The van der Waals surface area contributed by atoms with Crippen molar-refractivity contribution in [2.45, 2.75) is 37.3 Å². The topological polar surface area (TPSA) is 75.0 Å². The molecule has 134 valence electrons. The van der Waals surface area contributed by atoms with Crippen molar-refractivity contribution in [3.05, 3.63) is 53.2 Å². The molecule has 2 aromatic rings. The normalized spacial score (nSPS) is 16.7. The van der Waals surface area contributed by atoms with Gasteiger partial charge in [-0.3, -0.25) is 4.79 Å². The van der Waals surface area contributed by atoms with Gasteiger partial charge >= 0.3 is 0 Å². The number of carbonyl (C=O) groups excluding carboxylic acids is 1. The first-order chi connectivity index (χ1) is 12.7. The molecule has 1 aliphatic rings. The van der Waals surface area contributed by atoms with Crippen LogP contribution >= 0.6 is 11.8 Å². The molecule has 0 spiro atoms. The van der Waals surface area contributed by atoms with Crippen molar-refractivity contribution in [3.63, 3.8) is 0 Å². The minimum Gasteiger partial charge on any atom is -0.377 e. The number of ether oxygens (including phenoxy) is 1. The number of hydrogen-bond acceptors (Lipinski definition) is 5. The molecule has 0 bridgehead atoms. The van der Waals surface area contributed by atoms with Crippen LogP contribution in [0.3, 0.4) is 0 Å². The van der Waals surface area contributed by atoms with Crippen molar-refractivity contribution in [1.29, 1.82) is 5.26 Å². The third kappa shape index (κ3) is 4.63. The van der Waals surface area contributed by atoms with Gasteiger partial charge in [0.1, 0.15) is 11.1 Å². The van der Waals surface area contributed by atoms with Crippen LogP contribution < -0.4 is 5.32 Å². The number of hydrogen-bond donors (Lipinski definition) is 1. The van der Waals surface area contributed by atoms with Crippen molar-refractivity contribution in [1.82, 2.24) is 4.98 Å². The summed E-state index contributed by atoms with van der Waals surface area (Å²) in [5, 5.41) is 13.0. The summed E-state index contributed by atoms with van der Waals surface area (Å²) in [5.41, 5.74) is 2.17. The maximum atomic E-state index is 12.5. The highest BCUT2D eigenvalue weighted by atomic mass is 32.2. The molecule has 1 unspecified atom stereocenters. The van der Waals surface area contributed by atoms with E-state index in [1.54, 1.807) is 13.0 Å². The standard InChI is InChI=1S/C20H21N3O2S/c1-14-18(19(24)23-16-7-3-2-4-8-16)11-15(12-21)20(22-14)26-13-17-9-5-6-10-25-17/h2-4,7-8,11,17H,5-6,9-10,13H2,1H3,(H,23,24). The Morgan fingerprint density at radius 2 is 2.19 bits per heavy atom. The Morgan fingerprint density at radius 1 is 1.38 bits per heavy atom. The van der Waals surface area contributed by atoms with Gasteiger partial charge < -0.3 is 10.1 Å². The molecule has 5 nitrogen and oxygen atoms in total. The second-order valence-corrected chi connectivity index (χ2v) is 7.21. The van der Waals surface area contributed by atoms with E-state index in [0.29, 0.717) is 27.5 Å². The molecule has 1 saturated heterocycles. The molecule has 1 aromatic heterocycles. The highest BCUT2D eigenvalue weighted by Crippen LogP contribution is 2.26. The molecule has 0 saturated carbocycles. The molecule has 1 aliphatic heterocycles. The number of nitriles is 1. The third-order valence-corrected chi connectivity index (χ3v) is 5.38. The van der Waals surface area contributed by atoms with Gasteiger partial charge in [-0.25, -0.2) is 4.98 Å². The summed E-state index contributed by atoms with van der Waals surface area (Å²) in [4.78, 5) is 17.0. The van der Waals surface area contributed by atoms with Crippen LogP contribution in [0.15, 0.2) is 41.4 Å². The summed E-state index contributed by atoms with van der Waals surface area (Å²) >= 11 is 1.53. The molecule has 0 aliphatic carbocycles. The van der Waals surface area contributed by atoms with E-state index in [1.807, 2.05) is 30.3 Å². The average molecular weight is 367 g/mol. The van der Waals surface area contributed by atoms with Crippen molar-refractivity contribution in [3.8, 4) is 6.07 Å². The van der Waals surface area contributed by atoms with Crippen LogP contribution in [0.25, 0.3) is 0 Å². The highest BCUT2D eigenvalue weighted by Gasteiger charge is 2.18. The maximum Gasteiger partial charge on any atom is 0.257 e. The van der Waals surface area contributed by atoms with Crippen LogP contribution in [-0.4, -0.2) is 29.4 Å². The fraction of sp³-hybridized carbons (Fsp3) is 0.350. The van der Waals surface area contributed by atoms with E-state index in [4.69, 9.17) is 4.74 Å². The van der Waals surface area contributed by atoms with Gasteiger partial charge in [0.15, 0.2) is 0 Å². The van der Waals surface area contributed by atoms with Gasteiger partial charge in [-0.1, -0.05) is 18.2 Å². The van der Waals surface area contributed by atoms with Crippen LogP contribution in [0, 0.1) is 18.3 Å². The van der Waals surface area contributed by atoms with Crippen molar-refractivity contribution < 1.29 is 9.53 Å². The second kappa shape index (κ2) is 8.84. The molecule has 26 heavy (non-hydrogen) atoms. The lowest BCUT2D eigenvalue weighted by molar-refractivity contribution is 0.0315. The molecule has 1 atom stereocenters. The molecular formula is C20H21N3O2S. The molecule has 1 N–H and O–H groups in total. The van der Waals surface area contributed by atoms with Gasteiger partial charge in [0.2, 0.25) is 0 Å². The summed E-state index contributed by atoms with van der Waals surface area (Å²) in [7, 11) is 0. The first-order valence-corrected chi connectivity index (χ1v) is 9.68. The van der Waals surface area contributed by atoms with E-state index in [1.165, 1.54) is 18.2 Å². The summed E-state index contributed by atoms with van der Waals surface area (Å²) in [5.74, 6) is 0.515. The number of nitrogens with one attached hydrogen (secondary N) is 1. The Bertz CT molecular complexity index is 812. The van der Waals surface area contributed by atoms with Crippen molar-refractivity contribution in [2.75, 3.05) is 17.7 Å². The van der Waals surface area contributed by atoms with E-state index >= 15 is 0 Å². The summed E-state index contributed by atoms with van der Waals surface area (Å²) < 4.78 is 5.74. The Hall–Kier alpha value is -2.36. The summed E-state index contributed by atoms with van der Waals surface area (Å²) in [6.45, 7) is 2.60. The Labute approximate surface area is 157 Å². The van der Waals surface area contributed by atoms with Gasteiger partial charge in [-0.05, 0) is 44.4 Å². The van der Waals surface area contributed by atoms with Gasteiger partial charge in [-0.2, -0.15) is 5.26 Å². The quantitative estimate of drug-likeness (QED) is 0.803. The monoisotopic (exact) mass is 367 g/mol. The van der Waals surface area contributed by atoms with Gasteiger partial charge in [0.05, 0.1) is 22.9 Å². The molecule has 6 heteroatoms. The van der Waals surface area contributed by atoms with Gasteiger partial charge in [-0.15, -0.1) is 11.8 Å². The number of pyridine rings is 1. The fourth-order valence-corrected chi connectivity index (χ4v) is 3.90. The van der Waals surface area contributed by atoms with E-state index in [2.05, 4.69) is 16.4 Å². The molecule has 0 radical (unpaired) electrons. The Kier molecular flexibility index (Phi) is 6.26. The Morgan fingerprint density at radius 3 is 2.88 bits per heavy atom. The predicted octanol–water partition coefficient (Wildman–Crippen LogP) is 4.18. The lowest BCUT2D eigenvalue weighted by Crippen LogP contribution is -2.21. The maximum absolute atomic E-state index is 12.5. The van der Waals surface area contributed by atoms with E-state index < -0.39 is 0 Å². The first kappa shape index (κ1) is 18.4. The number of amides is 1. The van der Waals surface area contributed by atoms with Crippen LogP contribution in [0.1, 0.15) is 40.9 Å². The highest BCUT2D eigenvalue weighted by molar-refractivity contribution is 7.99. The number of aryl methyl sites for hydroxylation is 1. The number of rotatable bonds is 5. The fourth-order valence-electron chi connectivity index (χ4n) is 2.83. The van der Waals surface area contributed by atoms with Crippen LogP contribution in [0.4, 0.5) is 5.69 Å². The lowest BCUT2D eigenvalue weighted by atomic mass is 10.1. The molecule has 1 amide bonds. The number of nitrogens with zero attached hydrogens (tertiary/aromatic N) is 2. The second-order valence-electron chi connectivity index (χ2n) is 6.21. The summed E-state index contributed by atoms with van der Waals surface area (Å²) in [6.07, 6.45) is 3.56. The zero-order valence-corrected chi connectivity index (χ0v) is 15.5. The van der Waals surface area contributed by atoms with Crippen LogP contribution in [0.2, 0.25) is 0 Å². The first-order valence-electron chi connectivity index (χ1n) is 8.70. The van der Waals surface area contributed by atoms with Crippen molar-refractivity contribution in [2.24, 2.45) is 0 Å². The largest absolute Gasteiger partial charge is 0.377 e. The van der Waals surface area contributed by atoms with Gasteiger partial charge in [0.25, 0.3) is 5.91 Å². The van der Waals surface area contributed by atoms with E-state index in [9.17, 15) is 10.1 Å². The van der Waals surface area contributed by atoms with Crippen LogP contribution in [0.5, 0.6) is 0 Å². The molecule has 1 fully saturated rings. The smallest absolute Gasteiger partial charge is 0.257 e. The SMILES string of the molecule is Cc1nc(SCC2CCCCO2)c(C#N)cc1C(=O)Nc1ccccc1. The van der Waals surface area contributed by atoms with Crippen molar-refractivity contribution >= 4 is 23.4 Å². The number of para-hydroxylation sites is 1. The number of aromatic nitrogens is 1. The van der Waals surface area contributed by atoms with Gasteiger partial charge in [0, 0.05) is 18.0 Å².